The predicted molar refractivity (Wildman–Crippen MR) is 127 cm³/mol. The standard InChI is InChI=1S/C24H34N6O3/c31-21-8-4-3-7-12-26-22-19(20-10-9-18(16-28-20)23-32-14-15-33-23)17-29-24(30-22)27-13-6-2-1-5-11-25-21/h9-10,16-17,23H,1-8,11-15H2,(H,25,31)(H2,26,27,29,30). The molecule has 1 fully saturated rings. The first-order valence-corrected chi connectivity index (χ1v) is 12.1. The highest BCUT2D eigenvalue weighted by molar-refractivity contribution is 5.75. The third-order valence-electron chi connectivity index (χ3n) is 5.83. The summed E-state index contributed by atoms with van der Waals surface area (Å²) >= 11 is 0. The summed E-state index contributed by atoms with van der Waals surface area (Å²) in [6.45, 7) is 3.57. The zero-order chi connectivity index (χ0) is 22.7. The van der Waals surface area contributed by atoms with E-state index in [0.29, 0.717) is 25.6 Å². The highest BCUT2D eigenvalue weighted by Crippen LogP contribution is 2.28. The maximum absolute atomic E-state index is 11.9. The molecular formula is C24H34N6O3. The molecule has 1 saturated heterocycles. The van der Waals surface area contributed by atoms with Gasteiger partial charge in [-0.2, -0.15) is 4.98 Å². The van der Waals surface area contributed by atoms with Crippen LogP contribution in [0.5, 0.6) is 0 Å². The Labute approximate surface area is 195 Å². The summed E-state index contributed by atoms with van der Waals surface area (Å²) in [5, 5.41) is 9.82. The van der Waals surface area contributed by atoms with Gasteiger partial charge in [0.1, 0.15) is 5.82 Å². The molecule has 2 aliphatic heterocycles. The van der Waals surface area contributed by atoms with Gasteiger partial charge in [0.05, 0.1) is 24.5 Å². The largest absolute Gasteiger partial charge is 0.369 e. The number of carbonyl (C=O) groups is 1. The molecule has 2 aromatic rings. The van der Waals surface area contributed by atoms with Crippen molar-refractivity contribution in [3.63, 3.8) is 0 Å². The van der Waals surface area contributed by atoms with E-state index in [1.807, 2.05) is 18.3 Å². The number of hydrogen-bond acceptors (Lipinski definition) is 8. The molecule has 2 bridgehead atoms. The van der Waals surface area contributed by atoms with E-state index in [4.69, 9.17) is 14.5 Å². The zero-order valence-electron chi connectivity index (χ0n) is 19.1. The van der Waals surface area contributed by atoms with Crippen LogP contribution in [0.1, 0.15) is 63.2 Å². The highest BCUT2D eigenvalue weighted by atomic mass is 16.7. The monoisotopic (exact) mass is 454 g/mol. The number of carbonyl (C=O) groups excluding carboxylic acids is 1. The van der Waals surface area contributed by atoms with Crippen molar-refractivity contribution < 1.29 is 14.3 Å². The van der Waals surface area contributed by atoms with E-state index in [1.165, 1.54) is 0 Å². The normalized spacial score (nSPS) is 19.6. The molecule has 0 unspecified atom stereocenters. The Bertz CT molecular complexity index is 886. The number of rotatable bonds is 2. The fraction of sp³-hybridized carbons (Fsp3) is 0.583. The van der Waals surface area contributed by atoms with Crippen molar-refractivity contribution in [1.82, 2.24) is 20.3 Å². The number of fused-ring (bicyclic) bond motifs is 2. The van der Waals surface area contributed by atoms with Crippen LogP contribution in [-0.4, -0.2) is 53.7 Å². The first kappa shape index (κ1) is 23.4. The van der Waals surface area contributed by atoms with Crippen LogP contribution >= 0.6 is 0 Å². The summed E-state index contributed by atoms with van der Waals surface area (Å²) in [5.74, 6) is 1.55. The minimum absolute atomic E-state index is 0.163. The molecule has 0 saturated carbocycles. The molecule has 2 aliphatic rings. The summed E-state index contributed by atoms with van der Waals surface area (Å²) < 4.78 is 11.1. The van der Waals surface area contributed by atoms with Gasteiger partial charge < -0.3 is 25.4 Å². The maximum atomic E-state index is 11.9. The Hall–Kier alpha value is -2.78. The van der Waals surface area contributed by atoms with Crippen LogP contribution in [-0.2, 0) is 14.3 Å². The first-order chi connectivity index (χ1) is 16.3. The molecule has 4 heterocycles. The zero-order valence-corrected chi connectivity index (χ0v) is 19.1. The van der Waals surface area contributed by atoms with E-state index >= 15 is 0 Å². The summed E-state index contributed by atoms with van der Waals surface area (Å²) in [6.07, 6.45) is 11.0. The molecule has 178 valence electrons. The number of hydrogen-bond donors (Lipinski definition) is 3. The van der Waals surface area contributed by atoms with Gasteiger partial charge in [-0.3, -0.25) is 9.78 Å². The molecule has 9 nitrogen and oxygen atoms in total. The van der Waals surface area contributed by atoms with Gasteiger partial charge in [0.2, 0.25) is 11.9 Å². The second kappa shape index (κ2) is 12.5. The molecule has 0 radical (unpaired) electrons. The molecule has 2 aromatic heterocycles. The van der Waals surface area contributed by atoms with Crippen molar-refractivity contribution in [2.24, 2.45) is 0 Å². The molecule has 4 rings (SSSR count). The van der Waals surface area contributed by atoms with Crippen molar-refractivity contribution in [3.05, 3.63) is 30.1 Å². The lowest BCUT2D eigenvalue weighted by atomic mass is 10.1. The number of ether oxygens (including phenoxy) is 2. The lowest BCUT2D eigenvalue weighted by Crippen LogP contribution is -2.24. The van der Waals surface area contributed by atoms with E-state index in [-0.39, 0.29) is 12.2 Å². The van der Waals surface area contributed by atoms with E-state index in [0.717, 1.165) is 87.2 Å². The Kier molecular flexibility index (Phi) is 8.83. The fourth-order valence-corrected chi connectivity index (χ4v) is 3.96. The Balaban J connectivity index is 1.45. The molecule has 9 heteroatoms. The molecule has 0 aromatic carbocycles. The average Bonchev–Trinajstić information content (AvgIpc) is 3.38. The van der Waals surface area contributed by atoms with Crippen LogP contribution in [0.4, 0.5) is 11.8 Å². The van der Waals surface area contributed by atoms with E-state index in [2.05, 4.69) is 25.9 Å². The van der Waals surface area contributed by atoms with Gasteiger partial charge in [0.25, 0.3) is 0 Å². The molecule has 3 N–H and O–H groups in total. The van der Waals surface area contributed by atoms with Crippen molar-refractivity contribution in [1.29, 1.82) is 0 Å². The number of pyridine rings is 1. The summed E-state index contributed by atoms with van der Waals surface area (Å²) in [5.41, 5.74) is 2.56. The van der Waals surface area contributed by atoms with Crippen LogP contribution < -0.4 is 16.0 Å². The third-order valence-corrected chi connectivity index (χ3v) is 5.83. The molecule has 0 atom stereocenters. The Morgan fingerprint density at radius 2 is 1.52 bits per heavy atom. The minimum Gasteiger partial charge on any atom is -0.369 e. The number of anilines is 2. The number of nitrogens with zero attached hydrogens (tertiary/aromatic N) is 3. The van der Waals surface area contributed by atoms with E-state index in [1.54, 1.807) is 6.20 Å². The topological polar surface area (TPSA) is 110 Å². The van der Waals surface area contributed by atoms with Crippen LogP contribution in [0.3, 0.4) is 0 Å². The van der Waals surface area contributed by atoms with Gasteiger partial charge in [-0.15, -0.1) is 0 Å². The second-order valence-electron chi connectivity index (χ2n) is 8.43. The van der Waals surface area contributed by atoms with Gasteiger partial charge in [-0.25, -0.2) is 4.98 Å². The quantitative estimate of drug-likeness (QED) is 0.631. The molecule has 0 aliphatic carbocycles. The number of aromatic nitrogens is 3. The maximum Gasteiger partial charge on any atom is 0.224 e. The van der Waals surface area contributed by atoms with Gasteiger partial charge in [0, 0.05) is 44.0 Å². The second-order valence-corrected chi connectivity index (χ2v) is 8.43. The Morgan fingerprint density at radius 3 is 2.27 bits per heavy atom. The van der Waals surface area contributed by atoms with E-state index < -0.39 is 0 Å². The highest BCUT2D eigenvalue weighted by Gasteiger charge is 2.19. The fourth-order valence-electron chi connectivity index (χ4n) is 3.96. The van der Waals surface area contributed by atoms with E-state index in [9.17, 15) is 4.79 Å². The van der Waals surface area contributed by atoms with Crippen molar-refractivity contribution in [3.8, 4) is 11.3 Å². The van der Waals surface area contributed by atoms with Crippen LogP contribution in [0, 0.1) is 0 Å². The summed E-state index contributed by atoms with van der Waals surface area (Å²) in [4.78, 5) is 25.8. The van der Waals surface area contributed by atoms with Crippen molar-refractivity contribution in [2.45, 2.75) is 57.7 Å². The lowest BCUT2D eigenvalue weighted by Gasteiger charge is -2.14. The smallest absolute Gasteiger partial charge is 0.224 e. The average molecular weight is 455 g/mol. The van der Waals surface area contributed by atoms with Gasteiger partial charge in [0.15, 0.2) is 6.29 Å². The Morgan fingerprint density at radius 1 is 0.788 bits per heavy atom. The number of nitrogens with one attached hydrogen (secondary N) is 3. The van der Waals surface area contributed by atoms with Crippen LogP contribution in [0.2, 0.25) is 0 Å². The summed E-state index contributed by atoms with van der Waals surface area (Å²) in [7, 11) is 0. The SMILES string of the molecule is O=C1CCCCCNc2nc(ncc2-c2ccc(C3OCCO3)cn2)NCCCCCCN1. The predicted octanol–water partition coefficient (Wildman–Crippen LogP) is 3.66. The van der Waals surface area contributed by atoms with Crippen molar-refractivity contribution >= 4 is 17.7 Å². The van der Waals surface area contributed by atoms with Gasteiger partial charge in [-0.1, -0.05) is 25.3 Å². The van der Waals surface area contributed by atoms with Gasteiger partial charge in [-0.05, 0) is 31.7 Å². The lowest BCUT2D eigenvalue weighted by molar-refractivity contribution is -0.121. The first-order valence-electron chi connectivity index (χ1n) is 12.1. The molecule has 1 amide bonds. The van der Waals surface area contributed by atoms with Crippen LogP contribution in [0.25, 0.3) is 11.3 Å². The summed E-state index contributed by atoms with van der Waals surface area (Å²) in [6, 6.07) is 3.93. The molecule has 0 spiro atoms. The van der Waals surface area contributed by atoms with Crippen molar-refractivity contribution in [2.75, 3.05) is 43.5 Å². The van der Waals surface area contributed by atoms with Crippen LogP contribution in [0.15, 0.2) is 24.5 Å². The number of amides is 1. The molecule has 33 heavy (non-hydrogen) atoms. The minimum atomic E-state index is -0.339. The third kappa shape index (κ3) is 7.10. The van der Waals surface area contributed by atoms with Gasteiger partial charge >= 0.3 is 0 Å². The molecular weight excluding hydrogens is 420 g/mol.